The lowest BCUT2D eigenvalue weighted by atomic mass is 9.82. The van der Waals surface area contributed by atoms with Crippen LogP contribution in [0.5, 0.6) is 0 Å². The van der Waals surface area contributed by atoms with Gasteiger partial charge in [-0.1, -0.05) is 38.1 Å². The molecular formula is C18H22N2O2. The van der Waals surface area contributed by atoms with Crippen LogP contribution in [0.15, 0.2) is 41.3 Å². The first-order valence-electron chi connectivity index (χ1n) is 7.35. The first kappa shape index (κ1) is 16.0. The average molecular weight is 298 g/mol. The van der Waals surface area contributed by atoms with Gasteiger partial charge in [0, 0.05) is 29.9 Å². The van der Waals surface area contributed by atoms with E-state index < -0.39 is 0 Å². The number of carbonyl (C=O) groups is 1. The molecule has 0 aliphatic carbocycles. The molecule has 2 rings (SSSR count). The summed E-state index contributed by atoms with van der Waals surface area (Å²) in [6.45, 7) is 8.46. The minimum Gasteiger partial charge on any atom is -0.364 e. The Kier molecular flexibility index (Phi) is 4.50. The number of aromatic amines is 1. The van der Waals surface area contributed by atoms with E-state index in [1.54, 1.807) is 6.92 Å². The van der Waals surface area contributed by atoms with E-state index >= 15 is 0 Å². The fraction of sp³-hybridized carbons (Fsp3) is 0.333. The number of carbonyl (C=O) groups excluding carboxylic acids is 1. The van der Waals surface area contributed by atoms with E-state index in [4.69, 9.17) is 0 Å². The minimum atomic E-state index is -0.345. The molecule has 22 heavy (non-hydrogen) atoms. The Bertz CT molecular complexity index is 745. The highest BCUT2D eigenvalue weighted by molar-refractivity contribution is 5.93. The van der Waals surface area contributed by atoms with Gasteiger partial charge < -0.3 is 10.3 Å². The number of amides is 1. The molecule has 0 saturated carbocycles. The molecule has 1 heterocycles. The topological polar surface area (TPSA) is 62.0 Å². The van der Waals surface area contributed by atoms with E-state index in [0.717, 1.165) is 5.69 Å². The maximum atomic E-state index is 12.2. The van der Waals surface area contributed by atoms with Crippen LogP contribution in [0, 0.1) is 13.8 Å². The quantitative estimate of drug-likeness (QED) is 0.911. The van der Waals surface area contributed by atoms with Crippen LogP contribution >= 0.6 is 0 Å². The highest BCUT2D eigenvalue weighted by Crippen LogP contribution is 2.25. The molecule has 0 unspecified atom stereocenters. The smallest absolute Gasteiger partial charge is 0.256 e. The van der Waals surface area contributed by atoms with Crippen LogP contribution in [0.25, 0.3) is 0 Å². The van der Waals surface area contributed by atoms with Crippen molar-refractivity contribution in [2.45, 2.75) is 33.1 Å². The molecule has 1 aromatic heterocycles. The Balaban J connectivity index is 2.13. The molecule has 0 fully saturated rings. The molecule has 1 aromatic carbocycles. The number of benzene rings is 1. The number of rotatable bonds is 4. The maximum absolute atomic E-state index is 12.2. The van der Waals surface area contributed by atoms with Gasteiger partial charge in [0.05, 0.1) is 0 Å². The van der Waals surface area contributed by atoms with Crippen LogP contribution < -0.4 is 10.7 Å². The van der Waals surface area contributed by atoms with Crippen molar-refractivity contribution in [2.24, 2.45) is 0 Å². The summed E-state index contributed by atoms with van der Waals surface area (Å²) in [6.07, 6.45) is 1.47. The van der Waals surface area contributed by atoms with E-state index in [-0.39, 0.29) is 22.3 Å². The lowest BCUT2D eigenvalue weighted by Gasteiger charge is -2.27. The molecule has 0 saturated heterocycles. The van der Waals surface area contributed by atoms with Crippen LogP contribution in [0.3, 0.4) is 0 Å². The van der Waals surface area contributed by atoms with Gasteiger partial charge in [0.25, 0.3) is 5.91 Å². The van der Waals surface area contributed by atoms with Crippen molar-refractivity contribution in [1.82, 2.24) is 10.3 Å². The van der Waals surface area contributed by atoms with Crippen molar-refractivity contribution in [3.05, 3.63) is 69.1 Å². The predicted octanol–water partition coefficient (Wildman–Crippen LogP) is 2.70. The SMILES string of the molecule is Cc1cc(=O)c(C(=O)NCC(C)(C)c2ccccc2C)c[nH]1. The molecule has 0 atom stereocenters. The summed E-state index contributed by atoms with van der Waals surface area (Å²) >= 11 is 0. The van der Waals surface area contributed by atoms with Crippen molar-refractivity contribution in [2.75, 3.05) is 6.54 Å². The van der Waals surface area contributed by atoms with Crippen molar-refractivity contribution in [3.63, 3.8) is 0 Å². The van der Waals surface area contributed by atoms with E-state index in [1.165, 1.54) is 23.4 Å². The van der Waals surface area contributed by atoms with Crippen LogP contribution in [0.2, 0.25) is 0 Å². The zero-order valence-corrected chi connectivity index (χ0v) is 13.5. The van der Waals surface area contributed by atoms with Crippen LogP contribution in [0.4, 0.5) is 0 Å². The minimum absolute atomic E-state index is 0.145. The third kappa shape index (κ3) is 3.45. The summed E-state index contributed by atoms with van der Waals surface area (Å²) in [5, 5.41) is 2.87. The van der Waals surface area contributed by atoms with Gasteiger partial charge in [-0.15, -0.1) is 0 Å². The number of aromatic nitrogens is 1. The Hall–Kier alpha value is -2.36. The molecule has 0 spiro atoms. The molecule has 0 aliphatic rings. The Morgan fingerprint density at radius 2 is 1.91 bits per heavy atom. The van der Waals surface area contributed by atoms with Gasteiger partial charge in [-0.3, -0.25) is 9.59 Å². The number of H-pyrrole nitrogens is 1. The summed E-state index contributed by atoms with van der Waals surface area (Å²) in [6, 6.07) is 9.56. The van der Waals surface area contributed by atoms with Crippen molar-refractivity contribution in [3.8, 4) is 0 Å². The van der Waals surface area contributed by atoms with Gasteiger partial charge in [-0.2, -0.15) is 0 Å². The molecule has 2 N–H and O–H groups in total. The second-order valence-corrected chi connectivity index (χ2v) is 6.28. The normalized spacial score (nSPS) is 11.3. The summed E-state index contributed by atoms with van der Waals surface area (Å²) < 4.78 is 0. The van der Waals surface area contributed by atoms with Gasteiger partial charge in [-0.05, 0) is 25.0 Å². The van der Waals surface area contributed by atoms with Gasteiger partial charge in [0.1, 0.15) is 5.56 Å². The van der Waals surface area contributed by atoms with Gasteiger partial charge in [0.2, 0.25) is 0 Å². The largest absolute Gasteiger partial charge is 0.364 e. The number of aryl methyl sites for hydroxylation is 2. The molecular weight excluding hydrogens is 276 g/mol. The number of nitrogens with one attached hydrogen (secondary N) is 2. The van der Waals surface area contributed by atoms with E-state index in [2.05, 4.69) is 43.2 Å². The number of hydrogen-bond donors (Lipinski definition) is 2. The molecule has 1 amide bonds. The van der Waals surface area contributed by atoms with E-state index in [0.29, 0.717) is 6.54 Å². The van der Waals surface area contributed by atoms with Crippen LogP contribution in [0.1, 0.15) is 41.0 Å². The third-order valence-electron chi connectivity index (χ3n) is 3.87. The Morgan fingerprint density at radius 3 is 2.55 bits per heavy atom. The lowest BCUT2D eigenvalue weighted by Crippen LogP contribution is -2.38. The lowest BCUT2D eigenvalue weighted by molar-refractivity contribution is 0.0944. The zero-order valence-electron chi connectivity index (χ0n) is 13.5. The summed E-state index contributed by atoms with van der Waals surface area (Å²) in [7, 11) is 0. The fourth-order valence-electron chi connectivity index (χ4n) is 2.57. The molecule has 0 aliphatic heterocycles. The van der Waals surface area contributed by atoms with Crippen LogP contribution in [-0.2, 0) is 5.41 Å². The van der Waals surface area contributed by atoms with Crippen LogP contribution in [-0.4, -0.2) is 17.4 Å². The summed E-state index contributed by atoms with van der Waals surface area (Å²) in [5.41, 5.74) is 2.79. The van der Waals surface area contributed by atoms with Crippen molar-refractivity contribution in [1.29, 1.82) is 0 Å². The predicted molar refractivity (Wildman–Crippen MR) is 88.3 cm³/mol. The van der Waals surface area contributed by atoms with Gasteiger partial charge in [0.15, 0.2) is 5.43 Å². The Labute approximate surface area is 130 Å². The standard InChI is InChI=1S/C18H22N2O2/c1-12-7-5-6-8-15(12)18(3,4)11-20-17(22)14-10-19-13(2)9-16(14)21/h5-10H,11H2,1-4H3,(H,19,21)(H,20,22). The summed E-state index contributed by atoms with van der Waals surface area (Å²) in [5.74, 6) is -0.345. The van der Waals surface area contributed by atoms with E-state index in [9.17, 15) is 9.59 Å². The summed E-state index contributed by atoms with van der Waals surface area (Å²) in [4.78, 5) is 27.0. The monoisotopic (exact) mass is 298 g/mol. The first-order valence-corrected chi connectivity index (χ1v) is 7.35. The van der Waals surface area contributed by atoms with Gasteiger partial charge >= 0.3 is 0 Å². The first-order chi connectivity index (χ1) is 10.3. The highest BCUT2D eigenvalue weighted by Gasteiger charge is 2.23. The maximum Gasteiger partial charge on any atom is 0.256 e. The van der Waals surface area contributed by atoms with Crippen molar-refractivity contribution < 1.29 is 4.79 Å². The highest BCUT2D eigenvalue weighted by atomic mass is 16.2. The molecule has 4 nitrogen and oxygen atoms in total. The molecule has 2 aromatic rings. The Morgan fingerprint density at radius 1 is 1.23 bits per heavy atom. The number of pyridine rings is 1. The van der Waals surface area contributed by atoms with Crippen molar-refractivity contribution >= 4 is 5.91 Å². The molecule has 0 bridgehead atoms. The second-order valence-electron chi connectivity index (χ2n) is 6.28. The third-order valence-corrected chi connectivity index (χ3v) is 3.87. The molecule has 0 radical (unpaired) electrons. The van der Waals surface area contributed by atoms with Gasteiger partial charge in [-0.25, -0.2) is 0 Å². The average Bonchev–Trinajstić information content (AvgIpc) is 2.45. The second kappa shape index (κ2) is 6.18. The van der Waals surface area contributed by atoms with E-state index in [1.807, 2.05) is 12.1 Å². The fourth-order valence-corrected chi connectivity index (χ4v) is 2.57. The number of hydrogen-bond acceptors (Lipinski definition) is 2. The molecule has 4 heteroatoms. The molecule has 116 valence electrons. The zero-order chi connectivity index (χ0) is 16.3.